The van der Waals surface area contributed by atoms with Gasteiger partial charge in [-0.05, 0) is 52.7 Å². The quantitative estimate of drug-likeness (QED) is 0.700. The molecular weight excluding hydrogens is 407 g/mol. The summed E-state index contributed by atoms with van der Waals surface area (Å²) in [5.74, 6) is -2.77. The zero-order chi connectivity index (χ0) is 19.1. The van der Waals surface area contributed by atoms with Crippen LogP contribution in [0.5, 0.6) is 0 Å². The summed E-state index contributed by atoms with van der Waals surface area (Å²) in [5, 5.41) is 4.83. The van der Waals surface area contributed by atoms with Crippen molar-refractivity contribution in [2.24, 2.45) is 0 Å². The van der Waals surface area contributed by atoms with E-state index in [0.717, 1.165) is 11.6 Å². The van der Waals surface area contributed by atoms with Gasteiger partial charge in [-0.15, -0.1) is 0 Å². The maximum Gasteiger partial charge on any atom is 0.325 e. The lowest BCUT2D eigenvalue weighted by Gasteiger charge is -2.09. The number of rotatable bonds is 6. The predicted octanol–water partition coefficient (Wildman–Crippen LogP) is 2.81. The van der Waals surface area contributed by atoms with E-state index in [0.29, 0.717) is 10.2 Å². The number of amides is 2. The molecule has 0 aromatic heterocycles. The van der Waals surface area contributed by atoms with E-state index in [4.69, 9.17) is 4.74 Å². The van der Waals surface area contributed by atoms with Crippen molar-refractivity contribution in [3.63, 3.8) is 0 Å². The van der Waals surface area contributed by atoms with Gasteiger partial charge in [0.05, 0.1) is 11.3 Å². The first-order valence-electron chi connectivity index (χ1n) is 7.61. The Morgan fingerprint density at radius 2 is 1.88 bits per heavy atom. The van der Waals surface area contributed by atoms with E-state index in [2.05, 4.69) is 26.6 Å². The Kier molecular flexibility index (Phi) is 6.85. The smallest absolute Gasteiger partial charge is 0.325 e. The van der Waals surface area contributed by atoms with Crippen molar-refractivity contribution < 1.29 is 23.5 Å². The highest BCUT2D eigenvalue weighted by molar-refractivity contribution is 9.10. The van der Waals surface area contributed by atoms with Gasteiger partial charge in [0.25, 0.3) is 11.8 Å². The number of benzene rings is 2. The van der Waals surface area contributed by atoms with Gasteiger partial charge < -0.3 is 15.4 Å². The molecule has 0 aliphatic carbocycles. The molecule has 136 valence electrons. The fourth-order valence-electron chi connectivity index (χ4n) is 2.00. The standard InChI is InChI=1S/C18H16BrFN2O4/c1-11-6-7-15(13(19)8-11)22-16(23)10-26-17(24)9-21-18(25)12-4-2-3-5-14(12)20/h2-8H,9-10H2,1H3,(H,21,25)(H,22,23). The van der Waals surface area contributed by atoms with Crippen LogP contribution in [0.4, 0.5) is 10.1 Å². The first-order chi connectivity index (χ1) is 12.4. The molecule has 2 aromatic carbocycles. The molecule has 2 aromatic rings. The molecule has 0 saturated heterocycles. The monoisotopic (exact) mass is 422 g/mol. The van der Waals surface area contributed by atoms with Crippen molar-refractivity contribution in [2.75, 3.05) is 18.5 Å². The molecule has 2 rings (SSSR count). The Morgan fingerprint density at radius 3 is 2.58 bits per heavy atom. The number of carbonyl (C=O) groups is 3. The van der Waals surface area contributed by atoms with Crippen LogP contribution in [0.3, 0.4) is 0 Å². The molecule has 0 spiro atoms. The highest BCUT2D eigenvalue weighted by Gasteiger charge is 2.14. The van der Waals surface area contributed by atoms with Crippen LogP contribution in [0.15, 0.2) is 46.9 Å². The van der Waals surface area contributed by atoms with E-state index < -0.39 is 36.8 Å². The molecule has 0 heterocycles. The summed E-state index contributed by atoms with van der Waals surface area (Å²) in [4.78, 5) is 35.2. The number of aryl methyl sites for hydroxylation is 1. The van der Waals surface area contributed by atoms with Crippen molar-refractivity contribution >= 4 is 39.4 Å². The number of halogens is 2. The van der Waals surface area contributed by atoms with Gasteiger partial charge in [0, 0.05) is 4.47 Å². The van der Waals surface area contributed by atoms with Crippen LogP contribution in [-0.4, -0.2) is 30.9 Å². The lowest BCUT2D eigenvalue weighted by Crippen LogP contribution is -2.32. The summed E-state index contributed by atoms with van der Waals surface area (Å²) in [7, 11) is 0. The van der Waals surface area contributed by atoms with Crippen LogP contribution in [0, 0.1) is 12.7 Å². The zero-order valence-corrected chi connectivity index (χ0v) is 15.4. The largest absolute Gasteiger partial charge is 0.454 e. The summed E-state index contributed by atoms with van der Waals surface area (Å²) in [6.45, 7) is 0.928. The van der Waals surface area contributed by atoms with Crippen LogP contribution in [0.25, 0.3) is 0 Å². The van der Waals surface area contributed by atoms with Crippen molar-refractivity contribution in [3.8, 4) is 0 Å². The number of hydrogen-bond donors (Lipinski definition) is 2. The fraction of sp³-hybridized carbons (Fsp3) is 0.167. The molecule has 0 fully saturated rings. The van der Waals surface area contributed by atoms with Crippen molar-refractivity contribution in [1.29, 1.82) is 0 Å². The molecule has 8 heteroatoms. The van der Waals surface area contributed by atoms with Gasteiger partial charge in [0.15, 0.2) is 6.61 Å². The second kappa shape index (κ2) is 9.10. The Hall–Kier alpha value is -2.74. The third kappa shape index (κ3) is 5.66. The molecule has 2 amide bonds. The van der Waals surface area contributed by atoms with Crippen LogP contribution in [-0.2, 0) is 14.3 Å². The fourth-order valence-corrected chi connectivity index (χ4v) is 2.59. The molecule has 0 atom stereocenters. The van der Waals surface area contributed by atoms with Crippen molar-refractivity contribution in [3.05, 3.63) is 63.9 Å². The molecule has 0 aliphatic heterocycles. The SMILES string of the molecule is Cc1ccc(NC(=O)COC(=O)CNC(=O)c2ccccc2F)c(Br)c1. The van der Waals surface area contributed by atoms with Crippen LogP contribution in [0.1, 0.15) is 15.9 Å². The first kappa shape index (κ1) is 19.6. The second-order valence-electron chi connectivity index (χ2n) is 5.35. The zero-order valence-electron chi connectivity index (χ0n) is 13.8. The number of esters is 1. The second-order valence-corrected chi connectivity index (χ2v) is 6.21. The molecule has 6 nitrogen and oxygen atoms in total. The number of hydrogen-bond acceptors (Lipinski definition) is 4. The van der Waals surface area contributed by atoms with E-state index in [1.54, 1.807) is 6.07 Å². The highest BCUT2D eigenvalue weighted by atomic mass is 79.9. The number of ether oxygens (including phenoxy) is 1. The molecule has 0 bridgehead atoms. The number of carbonyl (C=O) groups excluding carboxylic acids is 3. The summed E-state index contributed by atoms with van der Waals surface area (Å²) >= 11 is 3.32. The summed E-state index contributed by atoms with van der Waals surface area (Å²) in [6.07, 6.45) is 0. The van der Waals surface area contributed by atoms with Gasteiger partial charge in [-0.2, -0.15) is 0 Å². The van der Waals surface area contributed by atoms with E-state index in [9.17, 15) is 18.8 Å². The predicted molar refractivity (Wildman–Crippen MR) is 97.2 cm³/mol. The lowest BCUT2D eigenvalue weighted by molar-refractivity contribution is -0.146. The molecular formula is C18H16BrFN2O4. The van der Waals surface area contributed by atoms with Gasteiger partial charge >= 0.3 is 5.97 Å². The minimum Gasteiger partial charge on any atom is -0.454 e. The number of anilines is 1. The average molecular weight is 423 g/mol. The maximum atomic E-state index is 13.4. The minimum absolute atomic E-state index is 0.178. The highest BCUT2D eigenvalue weighted by Crippen LogP contribution is 2.23. The van der Waals surface area contributed by atoms with Crippen LogP contribution < -0.4 is 10.6 Å². The summed E-state index contributed by atoms with van der Waals surface area (Å²) < 4.78 is 18.9. The Balaban J connectivity index is 1.77. The molecule has 2 N–H and O–H groups in total. The Morgan fingerprint density at radius 1 is 1.15 bits per heavy atom. The third-order valence-electron chi connectivity index (χ3n) is 3.27. The van der Waals surface area contributed by atoms with Gasteiger partial charge in [-0.1, -0.05) is 18.2 Å². The van der Waals surface area contributed by atoms with Crippen molar-refractivity contribution in [1.82, 2.24) is 5.32 Å². The third-order valence-corrected chi connectivity index (χ3v) is 3.93. The molecule has 0 aliphatic rings. The molecule has 26 heavy (non-hydrogen) atoms. The van der Waals surface area contributed by atoms with Crippen LogP contribution >= 0.6 is 15.9 Å². The van der Waals surface area contributed by atoms with Gasteiger partial charge in [0.1, 0.15) is 12.4 Å². The minimum atomic E-state index is -0.812. The van der Waals surface area contributed by atoms with E-state index in [-0.39, 0.29) is 5.56 Å². The van der Waals surface area contributed by atoms with E-state index >= 15 is 0 Å². The van der Waals surface area contributed by atoms with Gasteiger partial charge in [-0.25, -0.2) is 4.39 Å². The first-order valence-corrected chi connectivity index (χ1v) is 8.40. The van der Waals surface area contributed by atoms with Gasteiger partial charge in [0.2, 0.25) is 0 Å². The molecule has 0 saturated carbocycles. The molecule has 0 radical (unpaired) electrons. The van der Waals surface area contributed by atoms with Crippen LogP contribution in [0.2, 0.25) is 0 Å². The average Bonchev–Trinajstić information content (AvgIpc) is 2.60. The topological polar surface area (TPSA) is 84.5 Å². The number of nitrogens with one attached hydrogen (secondary N) is 2. The summed E-state index contributed by atoms with van der Waals surface area (Å²) in [6, 6.07) is 10.8. The normalized spacial score (nSPS) is 10.1. The van der Waals surface area contributed by atoms with E-state index in [1.807, 2.05) is 19.1 Å². The Bertz CT molecular complexity index is 842. The molecule has 0 unspecified atom stereocenters. The van der Waals surface area contributed by atoms with E-state index in [1.165, 1.54) is 18.2 Å². The summed E-state index contributed by atoms with van der Waals surface area (Å²) in [5.41, 5.74) is 1.39. The van der Waals surface area contributed by atoms with Gasteiger partial charge in [-0.3, -0.25) is 14.4 Å². The lowest BCUT2D eigenvalue weighted by atomic mass is 10.2. The van der Waals surface area contributed by atoms with Crippen molar-refractivity contribution in [2.45, 2.75) is 6.92 Å². The Labute approximate surface area is 157 Å². The maximum absolute atomic E-state index is 13.4.